The van der Waals surface area contributed by atoms with Crippen LogP contribution in [0.2, 0.25) is 10.0 Å². The highest BCUT2D eigenvalue weighted by atomic mass is 127. The molecule has 0 radical (unpaired) electrons. The van der Waals surface area contributed by atoms with Crippen LogP contribution in [0, 0.1) is 3.57 Å². The second-order valence-corrected chi connectivity index (χ2v) is 8.28. The number of hydrogen-bond acceptors (Lipinski definition) is 4. The highest BCUT2D eigenvalue weighted by molar-refractivity contribution is 14.1. The quantitative estimate of drug-likeness (QED) is 0.628. The lowest BCUT2D eigenvalue weighted by Gasteiger charge is -2.23. The molecule has 0 fully saturated rings. The van der Waals surface area contributed by atoms with Crippen molar-refractivity contribution in [1.82, 2.24) is 4.98 Å². The number of benzene rings is 1. The molecule has 22 heavy (non-hydrogen) atoms. The Kier molecular flexibility index (Phi) is 5.41. The van der Waals surface area contributed by atoms with Crippen molar-refractivity contribution in [2.75, 3.05) is 17.7 Å². The van der Waals surface area contributed by atoms with E-state index in [-0.39, 0.29) is 11.5 Å². The maximum atomic E-state index is 12.3. The summed E-state index contributed by atoms with van der Waals surface area (Å²) in [6.07, 6.45) is 2.61. The van der Waals surface area contributed by atoms with Gasteiger partial charge in [-0.2, -0.15) is 0 Å². The Hall–Kier alpha value is -0.770. The molecule has 1 heterocycles. The third kappa shape index (κ3) is 3.95. The van der Waals surface area contributed by atoms with Gasteiger partial charge in [0.1, 0.15) is 0 Å². The summed E-state index contributed by atoms with van der Waals surface area (Å²) in [6, 6.07) is 6.19. The summed E-state index contributed by atoms with van der Waals surface area (Å²) < 4.78 is 31.6. The fourth-order valence-electron chi connectivity index (χ4n) is 1.84. The van der Waals surface area contributed by atoms with Gasteiger partial charge in [-0.1, -0.05) is 23.2 Å². The molecule has 0 atom stereocenters. The Bertz CT molecular complexity index is 795. The zero-order valence-corrected chi connectivity index (χ0v) is 16.0. The molecule has 0 saturated heterocycles. The zero-order chi connectivity index (χ0) is 16.5. The lowest BCUT2D eigenvalue weighted by atomic mass is 10.3. The van der Waals surface area contributed by atoms with Crippen LogP contribution in [0.15, 0.2) is 30.5 Å². The van der Waals surface area contributed by atoms with Crippen molar-refractivity contribution in [3.63, 3.8) is 0 Å². The Morgan fingerprint density at radius 3 is 2.27 bits per heavy atom. The number of halogens is 3. The van der Waals surface area contributed by atoms with Crippen LogP contribution in [0.5, 0.6) is 5.75 Å². The monoisotopic (exact) mass is 472 g/mol. The lowest BCUT2D eigenvalue weighted by Crippen LogP contribution is -2.26. The van der Waals surface area contributed by atoms with Crippen LogP contribution in [0.4, 0.5) is 11.5 Å². The topological polar surface area (TPSA) is 59.5 Å². The summed E-state index contributed by atoms with van der Waals surface area (Å²) in [5.41, 5.74) is 0.284. The Balaban J connectivity index is 2.72. The van der Waals surface area contributed by atoms with Gasteiger partial charge >= 0.3 is 0 Å². The summed E-state index contributed by atoms with van der Waals surface area (Å²) in [7, 11) is -2.23. The Morgan fingerprint density at radius 1 is 1.18 bits per heavy atom. The summed E-state index contributed by atoms with van der Waals surface area (Å²) in [5, 5.41) is 0.640. The van der Waals surface area contributed by atoms with Gasteiger partial charge in [0.25, 0.3) is 0 Å². The van der Waals surface area contributed by atoms with E-state index < -0.39 is 10.0 Å². The minimum absolute atomic E-state index is 0.142. The van der Waals surface area contributed by atoms with Crippen LogP contribution in [-0.4, -0.2) is 26.8 Å². The molecule has 1 aromatic heterocycles. The minimum Gasteiger partial charge on any atom is -0.493 e. The molecule has 2 aromatic rings. The van der Waals surface area contributed by atoms with Crippen molar-refractivity contribution < 1.29 is 13.2 Å². The molecule has 0 saturated carbocycles. The molecular formula is C13H11Cl2IN2O3S. The van der Waals surface area contributed by atoms with Gasteiger partial charge in [-0.25, -0.2) is 17.7 Å². The van der Waals surface area contributed by atoms with Crippen LogP contribution >= 0.6 is 45.8 Å². The number of anilines is 2. The number of hydrogen-bond donors (Lipinski definition) is 0. The molecule has 118 valence electrons. The van der Waals surface area contributed by atoms with E-state index in [2.05, 4.69) is 27.6 Å². The summed E-state index contributed by atoms with van der Waals surface area (Å²) in [6.45, 7) is 0. The van der Waals surface area contributed by atoms with Crippen LogP contribution in [0.25, 0.3) is 0 Å². The first-order valence-corrected chi connectivity index (χ1v) is 9.56. The zero-order valence-electron chi connectivity index (χ0n) is 11.5. The van der Waals surface area contributed by atoms with Gasteiger partial charge in [0.15, 0.2) is 11.6 Å². The van der Waals surface area contributed by atoms with Gasteiger partial charge in [-0.3, -0.25) is 0 Å². The van der Waals surface area contributed by atoms with Crippen LogP contribution in [-0.2, 0) is 10.0 Å². The molecule has 2 rings (SSSR count). The van der Waals surface area contributed by atoms with Crippen LogP contribution in [0.3, 0.4) is 0 Å². The number of pyridine rings is 1. The standard InChI is InChI=1S/C13H11Cl2IN2O3S/c1-21-12-6-10(16)7-17-13(12)18(22(2,19)20)11-4-8(14)3-9(15)5-11/h3-7H,1-2H3. The average Bonchev–Trinajstić information content (AvgIpc) is 2.38. The predicted molar refractivity (Wildman–Crippen MR) is 97.0 cm³/mol. The summed E-state index contributed by atoms with van der Waals surface area (Å²) in [4.78, 5) is 4.18. The van der Waals surface area contributed by atoms with Gasteiger partial charge in [-0.15, -0.1) is 0 Å². The third-order valence-corrected chi connectivity index (χ3v) is 4.70. The number of methoxy groups -OCH3 is 1. The molecule has 0 amide bonds. The minimum atomic E-state index is -3.68. The predicted octanol–water partition coefficient (Wildman–Crippen LogP) is 4.10. The smallest absolute Gasteiger partial charge is 0.237 e. The van der Waals surface area contributed by atoms with E-state index in [1.54, 1.807) is 12.3 Å². The average molecular weight is 473 g/mol. The molecule has 0 aliphatic carbocycles. The fourth-order valence-corrected chi connectivity index (χ4v) is 3.72. The molecule has 0 aliphatic rings. The number of nitrogens with zero attached hydrogens (tertiary/aromatic N) is 2. The van der Waals surface area contributed by atoms with Gasteiger partial charge in [0, 0.05) is 19.8 Å². The molecule has 0 spiro atoms. The first-order chi connectivity index (χ1) is 10.2. The van der Waals surface area contributed by atoms with Crippen molar-refractivity contribution in [2.24, 2.45) is 0 Å². The molecule has 0 aliphatic heterocycles. The Labute approximate surface area is 152 Å². The van der Waals surface area contributed by atoms with E-state index in [4.69, 9.17) is 27.9 Å². The highest BCUT2D eigenvalue weighted by Gasteiger charge is 2.25. The van der Waals surface area contributed by atoms with Gasteiger partial charge in [0.2, 0.25) is 10.0 Å². The van der Waals surface area contributed by atoms with E-state index in [9.17, 15) is 8.42 Å². The maximum absolute atomic E-state index is 12.3. The highest BCUT2D eigenvalue weighted by Crippen LogP contribution is 2.37. The summed E-state index contributed by atoms with van der Waals surface area (Å²) in [5.74, 6) is 0.470. The largest absolute Gasteiger partial charge is 0.493 e. The van der Waals surface area contributed by atoms with Crippen molar-refractivity contribution in [2.45, 2.75) is 0 Å². The van der Waals surface area contributed by atoms with Crippen molar-refractivity contribution in [3.05, 3.63) is 44.1 Å². The molecule has 0 unspecified atom stereocenters. The number of rotatable bonds is 4. The molecule has 0 bridgehead atoms. The maximum Gasteiger partial charge on any atom is 0.237 e. The fraction of sp³-hybridized carbons (Fsp3) is 0.154. The van der Waals surface area contributed by atoms with Crippen LogP contribution in [0.1, 0.15) is 0 Å². The van der Waals surface area contributed by atoms with Crippen LogP contribution < -0.4 is 9.04 Å². The van der Waals surface area contributed by atoms with Crippen molar-refractivity contribution in [3.8, 4) is 5.75 Å². The van der Waals surface area contributed by atoms with E-state index in [1.807, 2.05) is 0 Å². The van der Waals surface area contributed by atoms with Gasteiger partial charge in [0.05, 0.1) is 19.1 Å². The Morgan fingerprint density at radius 2 is 1.77 bits per heavy atom. The van der Waals surface area contributed by atoms with Crippen molar-refractivity contribution >= 4 is 67.3 Å². The molecule has 1 aromatic carbocycles. The molecular weight excluding hydrogens is 462 g/mol. The number of ether oxygens (including phenoxy) is 1. The van der Waals surface area contributed by atoms with E-state index in [0.29, 0.717) is 15.8 Å². The van der Waals surface area contributed by atoms with E-state index in [0.717, 1.165) is 14.1 Å². The van der Waals surface area contributed by atoms with Gasteiger partial charge < -0.3 is 4.74 Å². The first-order valence-electron chi connectivity index (χ1n) is 5.88. The van der Waals surface area contributed by atoms with Gasteiger partial charge in [-0.05, 0) is 46.9 Å². The van der Waals surface area contributed by atoms with E-state index >= 15 is 0 Å². The number of aromatic nitrogens is 1. The number of sulfonamides is 1. The molecule has 0 N–H and O–H groups in total. The normalized spacial score (nSPS) is 11.3. The second-order valence-electron chi connectivity index (χ2n) is 4.33. The second kappa shape index (κ2) is 6.77. The van der Waals surface area contributed by atoms with E-state index in [1.165, 1.54) is 25.3 Å². The molecule has 9 heteroatoms. The summed E-state index contributed by atoms with van der Waals surface area (Å²) >= 11 is 14.0. The lowest BCUT2D eigenvalue weighted by molar-refractivity contribution is 0.414. The third-order valence-electron chi connectivity index (χ3n) is 2.63. The first kappa shape index (κ1) is 17.6. The van der Waals surface area contributed by atoms with Crippen molar-refractivity contribution in [1.29, 1.82) is 0 Å². The molecule has 5 nitrogen and oxygen atoms in total. The SMILES string of the molecule is COc1cc(I)cnc1N(c1cc(Cl)cc(Cl)c1)S(C)(=O)=O.